The number of aryl methyl sites for hydroxylation is 1. The molecule has 0 radical (unpaired) electrons. The molecule has 6 heteroatoms. The van der Waals surface area contributed by atoms with E-state index in [-0.39, 0.29) is 0 Å². The smallest absolute Gasteiger partial charge is 0.264 e. The molecular weight excluding hydrogens is 358 g/mol. The second-order valence-corrected chi connectivity index (χ2v) is 9.28. The first kappa shape index (κ1) is 18.3. The Labute approximate surface area is 162 Å². The van der Waals surface area contributed by atoms with Crippen molar-refractivity contribution in [2.24, 2.45) is 0 Å². The van der Waals surface area contributed by atoms with Crippen molar-refractivity contribution in [1.29, 1.82) is 0 Å². The van der Waals surface area contributed by atoms with Gasteiger partial charge in [-0.05, 0) is 62.7 Å². The zero-order valence-corrected chi connectivity index (χ0v) is 16.7. The summed E-state index contributed by atoms with van der Waals surface area (Å²) in [5, 5.41) is 0. The molecular formula is C21H27N3O2S. The molecule has 2 aromatic rings. The van der Waals surface area contributed by atoms with Crippen molar-refractivity contribution in [2.45, 2.75) is 24.7 Å². The summed E-state index contributed by atoms with van der Waals surface area (Å²) in [6.07, 6.45) is 2.58. The van der Waals surface area contributed by atoms with E-state index in [1.54, 1.807) is 22.5 Å². The van der Waals surface area contributed by atoms with Gasteiger partial charge in [-0.2, -0.15) is 0 Å². The molecule has 2 aliphatic heterocycles. The summed E-state index contributed by atoms with van der Waals surface area (Å²) in [6, 6.07) is 15.0. The van der Waals surface area contributed by atoms with Crippen LogP contribution < -0.4 is 9.21 Å². The molecule has 4 rings (SSSR count). The van der Waals surface area contributed by atoms with E-state index in [0.717, 1.165) is 36.6 Å². The quantitative estimate of drug-likeness (QED) is 0.793. The Balaban J connectivity index is 1.60. The SMILES string of the molecule is Cc1cccc(S(=O)(=O)N2CCN(CCN3CCCC3)c3ccccc32)c1. The highest BCUT2D eigenvalue weighted by Crippen LogP contribution is 2.36. The zero-order chi connectivity index (χ0) is 18.9. The lowest BCUT2D eigenvalue weighted by molar-refractivity contribution is 0.344. The van der Waals surface area contributed by atoms with Crippen LogP contribution in [0.4, 0.5) is 11.4 Å². The van der Waals surface area contributed by atoms with Crippen LogP contribution >= 0.6 is 0 Å². The van der Waals surface area contributed by atoms with Gasteiger partial charge in [-0.15, -0.1) is 0 Å². The third-order valence-electron chi connectivity index (χ3n) is 5.53. The van der Waals surface area contributed by atoms with Crippen molar-refractivity contribution in [3.63, 3.8) is 0 Å². The Morgan fingerprint density at radius 1 is 0.852 bits per heavy atom. The number of benzene rings is 2. The summed E-state index contributed by atoms with van der Waals surface area (Å²) in [5.41, 5.74) is 2.75. The molecule has 0 N–H and O–H groups in total. The van der Waals surface area contributed by atoms with Gasteiger partial charge in [0.05, 0.1) is 22.8 Å². The summed E-state index contributed by atoms with van der Waals surface area (Å²) in [6.45, 7) is 7.47. The third-order valence-corrected chi connectivity index (χ3v) is 7.34. The molecule has 5 nitrogen and oxygen atoms in total. The Bertz CT molecular complexity index is 907. The molecule has 0 bridgehead atoms. The first-order chi connectivity index (χ1) is 13.1. The number of anilines is 2. The van der Waals surface area contributed by atoms with Crippen LogP contribution in [0.25, 0.3) is 0 Å². The van der Waals surface area contributed by atoms with Crippen molar-refractivity contribution in [2.75, 3.05) is 48.5 Å². The van der Waals surface area contributed by atoms with Gasteiger partial charge in [-0.3, -0.25) is 4.31 Å². The fourth-order valence-corrected chi connectivity index (χ4v) is 5.62. The molecule has 0 saturated carbocycles. The molecule has 0 atom stereocenters. The zero-order valence-electron chi connectivity index (χ0n) is 15.8. The fraction of sp³-hybridized carbons (Fsp3) is 0.429. The summed E-state index contributed by atoms with van der Waals surface area (Å²) >= 11 is 0. The average Bonchev–Trinajstić information content (AvgIpc) is 3.19. The van der Waals surface area contributed by atoms with Gasteiger partial charge in [0.15, 0.2) is 0 Å². The number of para-hydroxylation sites is 2. The second-order valence-electron chi connectivity index (χ2n) is 7.42. The summed E-state index contributed by atoms with van der Waals surface area (Å²) in [4.78, 5) is 5.19. The van der Waals surface area contributed by atoms with Gasteiger partial charge in [-0.25, -0.2) is 8.42 Å². The number of likely N-dealkylation sites (tertiary alicyclic amines) is 1. The minimum atomic E-state index is -3.56. The number of rotatable bonds is 5. The normalized spacial score (nSPS) is 18.0. The standard InChI is InChI=1S/C21H27N3O2S/c1-18-7-6-8-19(17-18)27(25,26)24-16-15-23(14-13-22-11-4-5-12-22)20-9-2-3-10-21(20)24/h2-3,6-10,17H,4-5,11-16H2,1H3. The van der Waals surface area contributed by atoms with E-state index in [0.29, 0.717) is 11.4 Å². The largest absolute Gasteiger partial charge is 0.367 e. The van der Waals surface area contributed by atoms with Crippen molar-refractivity contribution >= 4 is 21.4 Å². The van der Waals surface area contributed by atoms with Crippen LogP contribution in [0.1, 0.15) is 18.4 Å². The molecule has 0 amide bonds. The monoisotopic (exact) mass is 385 g/mol. The highest BCUT2D eigenvalue weighted by atomic mass is 32.2. The van der Waals surface area contributed by atoms with E-state index in [2.05, 4.69) is 9.80 Å². The second kappa shape index (κ2) is 7.52. The minimum absolute atomic E-state index is 0.364. The van der Waals surface area contributed by atoms with Gasteiger partial charge in [0.25, 0.3) is 10.0 Å². The van der Waals surface area contributed by atoms with Gasteiger partial charge >= 0.3 is 0 Å². The lowest BCUT2D eigenvalue weighted by atomic mass is 10.2. The topological polar surface area (TPSA) is 43.9 Å². The summed E-state index contributed by atoms with van der Waals surface area (Å²) < 4.78 is 28.1. The van der Waals surface area contributed by atoms with E-state index in [1.807, 2.05) is 37.3 Å². The van der Waals surface area contributed by atoms with Crippen LogP contribution in [-0.4, -0.2) is 52.6 Å². The molecule has 0 aliphatic carbocycles. The first-order valence-corrected chi connectivity index (χ1v) is 11.2. The maximum Gasteiger partial charge on any atom is 0.264 e. The van der Waals surface area contributed by atoms with Crippen LogP contribution in [0, 0.1) is 6.92 Å². The van der Waals surface area contributed by atoms with E-state index in [9.17, 15) is 8.42 Å². The number of hydrogen-bond donors (Lipinski definition) is 0. The Morgan fingerprint density at radius 2 is 1.59 bits per heavy atom. The van der Waals surface area contributed by atoms with Crippen molar-refractivity contribution < 1.29 is 8.42 Å². The highest BCUT2D eigenvalue weighted by Gasteiger charge is 2.31. The van der Waals surface area contributed by atoms with Crippen molar-refractivity contribution in [3.05, 3.63) is 54.1 Å². The lowest BCUT2D eigenvalue weighted by Gasteiger charge is -2.38. The fourth-order valence-electron chi connectivity index (χ4n) is 4.05. The highest BCUT2D eigenvalue weighted by molar-refractivity contribution is 7.92. The van der Waals surface area contributed by atoms with Gasteiger partial charge in [-0.1, -0.05) is 24.3 Å². The Kier molecular flexibility index (Phi) is 5.10. The molecule has 2 aromatic carbocycles. The molecule has 2 heterocycles. The first-order valence-electron chi connectivity index (χ1n) is 9.71. The van der Waals surface area contributed by atoms with E-state index < -0.39 is 10.0 Å². The van der Waals surface area contributed by atoms with E-state index >= 15 is 0 Å². The maximum atomic E-state index is 13.3. The van der Waals surface area contributed by atoms with Gasteiger partial charge in [0.2, 0.25) is 0 Å². The maximum absolute atomic E-state index is 13.3. The Hall–Kier alpha value is -2.05. The lowest BCUT2D eigenvalue weighted by Crippen LogP contribution is -2.46. The number of sulfonamides is 1. The number of hydrogen-bond acceptors (Lipinski definition) is 4. The van der Waals surface area contributed by atoms with Crippen molar-refractivity contribution in [3.8, 4) is 0 Å². The van der Waals surface area contributed by atoms with Crippen LogP contribution in [0.15, 0.2) is 53.4 Å². The van der Waals surface area contributed by atoms with Crippen LogP contribution in [-0.2, 0) is 10.0 Å². The van der Waals surface area contributed by atoms with Gasteiger partial charge in [0.1, 0.15) is 0 Å². The molecule has 27 heavy (non-hydrogen) atoms. The molecule has 1 fully saturated rings. The summed E-state index contributed by atoms with van der Waals surface area (Å²) in [5.74, 6) is 0. The third kappa shape index (κ3) is 3.69. The summed E-state index contributed by atoms with van der Waals surface area (Å²) in [7, 11) is -3.56. The molecule has 0 aromatic heterocycles. The molecule has 1 saturated heterocycles. The molecule has 2 aliphatic rings. The van der Waals surface area contributed by atoms with Gasteiger partial charge < -0.3 is 9.80 Å². The van der Waals surface area contributed by atoms with Gasteiger partial charge in [0, 0.05) is 19.6 Å². The predicted molar refractivity (Wildman–Crippen MR) is 110 cm³/mol. The van der Waals surface area contributed by atoms with Crippen LogP contribution in [0.3, 0.4) is 0 Å². The minimum Gasteiger partial charge on any atom is -0.367 e. The molecule has 0 spiro atoms. The van der Waals surface area contributed by atoms with Crippen molar-refractivity contribution in [1.82, 2.24) is 4.90 Å². The van der Waals surface area contributed by atoms with E-state index in [4.69, 9.17) is 0 Å². The van der Waals surface area contributed by atoms with Crippen LogP contribution in [0.2, 0.25) is 0 Å². The predicted octanol–water partition coefficient (Wildman–Crippen LogP) is 3.11. The Morgan fingerprint density at radius 3 is 2.33 bits per heavy atom. The molecule has 0 unspecified atom stereocenters. The molecule has 144 valence electrons. The average molecular weight is 386 g/mol. The number of fused-ring (bicyclic) bond motifs is 1. The van der Waals surface area contributed by atoms with E-state index in [1.165, 1.54) is 25.9 Å². The van der Waals surface area contributed by atoms with Crippen LogP contribution in [0.5, 0.6) is 0 Å². The number of nitrogens with zero attached hydrogens (tertiary/aromatic N) is 3.